The quantitative estimate of drug-likeness (QED) is 0.0138. The van der Waals surface area contributed by atoms with Gasteiger partial charge in [0.1, 0.15) is 13.2 Å². The van der Waals surface area contributed by atoms with E-state index in [2.05, 4.69) is 76.3 Å². The van der Waals surface area contributed by atoms with Crippen molar-refractivity contribution in [2.45, 2.75) is 413 Å². The second-order valence-corrected chi connectivity index (χ2v) is 32.7. The van der Waals surface area contributed by atoms with Crippen molar-refractivity contribution in [3.63, 3.8) is 0 Å². The summed E-state index contributed by atoms with van der Waals surface area (Å²) in [6, 6.07) is 0. The summed E-state index contributed by atoms with van der Waals surface area (Å²) in [5, 5.41) is 0. The smallest absolute Gasteiger partial charge is 0.756 e. The molecule has 0 aromatic heterocycles. The molecule has 4 atom stereocenters. The van der Waals surface area contributed by atoms with Crippen LogP contribution >= 0.6 is 15.6 Å². The maximum Gasteiger partial charge on any atom is 1.00 e. The number of esters is 4. The Bertz CT molecular complexity index is 2230. The van der Waals surface area contributed by atoms with Gasteiger partial charge in [0.25, 0.3) is 15.6 Å². The number of phosphoric acid groups is 2. The van der Waals surface area contributed by atoms with Gasteiger partial charge in [0.05, 0.1) is 26.4 Å². The molecule has 4 unspecified atom stereocenters. The van der Waals surface area contributed by atoms with Crippen LogP contribution in [0, 0.1) is 0 Å². The van der Waals surface area contributed by atoms with Crippen molar-refractivity contribution in [1.82, 2.24) is 9.80 Å². The molecule has 0 rings (SSSR count). The third-order valence-electron chi connectivity index (χ3n) is 19.4. The van der Waals surface area contributed by atoms with Crippen molar-refractivity contribution < 1.29 is 134 Å². The Balaban J connectivity index is -0.00000100. The largest absolute Gasteiger partial charge is 1.00 e. The SMILES string of the molecule is CCCCCCCC/C=C\CCCCCCCC(=O)OCC(COP(=O)([O-])OCCN(C)CC)OC(=O)CCCCCCC/C=C\CCCCCCCC.CCCCCCCCCCC/C=C\CCCCC(=O)OCC(COP(=O)([O-])OCCN(C)CC)OC(=O)CCCC/C=C\CCCCCCCCCCC.[Na+].[Na+]. The van der Waals surface area contributed by atoms with Crippen LogP contribution in [0.25, 0.3) is 0 Å². The van der Waals surface area contributed by atoms with Crippen LogP contribution in [0.3, 0.4) is 0 Å². The summed E-state index contributed by atoms with van der Waals surface area (Å²) in [5.41, 5.74) is 0. The molecule has 0 heterocycles. The molecule has 0 aromatic carbocycles. The van der Waals surface area contributed by atoms with E-state index in [1.54, 1.807) is 0 Å². The normalized spacial score (nSPS) is 13.3. The number of carbonyl (C=O) groups excluding carboxylic acids is 4. The van der Waals surface area contributed by atoms with E-state index in [1.807, 2.05) is 37.7 Å². The molecule has 0 aliphatic rings. The summed E-state index contributed by atoms with van der Waals surface area (Å²) in [7, 11) is -5.53. The van der Waals surface area contributed by atoms with Crippen molar-refractivity contribution in [3.8, 4) is 0 Å². The van der Waals surface area contributed by atoms with Crippen molar-refractivity contribution in [1.29, 1.82) is 0 Å². The minimum absolute atomic E-state index is 0. The minimum Gasteiger partial charge on any atom is -0.756 e. The molecule has 0 aromatic rings. The molecule has 0 spiro atoms. The summed E-state index contributed by atoms with van der Waals surface area (Å²) >= 11 is 0. The van der Waals surface area contributed by atoms with Gasteiger partial charge in [-0.1, -0.05) is 296 Å². The van der Waals surface area contributed by atoms with E-state index in [-0.39, 0.29) is 111 Å². The minimum atomic E-state index is -4.63. The molecule has 0 radical (unpaired) electrons. The second kappa shape index (κ2) is 90.3. The number of phosphoric ester groups is 2. The van der Waals surface area contributed by atoms with Crippen molar-refractivity contribution in [2.75, 3.05) is 79.9 Å². The fourth-order valence-electron chi connectivity index (χ4n) is 12.0. The van der Waals surface area contributed by atoms with E-state index in [0.717, 1.165) is 122 Å². The molecule has 0 bridgehead atoms. The van der Waals surface area contributed by atoms with Crippen LogP contribution in [-0.2, 0) is 65.4 Å². The first-order chi connectivity index (χ1) is 52.5. The Hall–Kier alpha value is -1.02. The van der Waals surface area contributed by atoms with Crippen LogP contribution < -0.4 is 68.9 Å². The first-order valence-electron chi connectivity index (χ1n) is 44.3. The monoisotopic (exact) mass is 1620 g/mol. The van der Waals surface area contributed by atoms with Crippen LogP contribution in [0.4, 0.5) is 0 Å². The molecule has 0 N–H and O–H groups in total. The molecular weight excluding hydrogens is 1450 g/mol. The molecule has 18 nitrogen and oxygen atoms in total. The number of unbranched alkanes of at least 4 members (excludes halogenated alkanes) is 44. The van der Waals surface area contributed by atoms with E-state index in [4.69, 9.17) is 37.0 Å². The van der Waals surface area contributed by atoms with Crippen LogP contribution in [0.2, 0.25) is 0 Å². The number of carbonyl (C=O) groups is 4. The van der Waals surface area contributed by atoms with Crippen LogP contribution in [0.5, 0.6) is 0 Å². The molecule has 110 heavy (non-hydrogen) atoms. The van der Waals surface area contributed by atoms with Gasteiger partial charge in [0, 0.05) is 38.8 Å². The van der Waals surface area contributed by atoms with Gasteiger partial charge in [0.2, 0.25) is 0 Å². The van der Waals surface area contributed by atoms with E-state index < -0.39 is 64.9 Å². The zero-order valence-corrected chi connectivity index (χ0v) is 78.6. The number of hydrogen-bond acceptors (Lipinski definition) is 18. The summed E-state index contributed by atoms with van der Waals surface area (Å²) in [4.78, 5) is 78.7. The molecule has 0 saturated carbocycles. The molecule has 0 fully saturated rings. The molecule has 0 aliphatic heterocycles. The zero-order valence-electron chi connectivity index (χ0n) is 72.8. The van der Waals surface area contributed by atoms with Gasteiger partial charge in [-0.05, 0) is 156 Å². The standard InChI is InChI=1S/2C44H84NO8P.2Na/c2*1-5-8-10-12-14-16-18-20-22-24-26-28-30-32-34-36-43(46)50-40-42(41-52-54(48,49)51-39-38-45(4)7-3)53-44(47)37-35-33-31-29-27-25-23-21-19-17-15-13-11-9-6-2;;/h26-29,42H,5-25,30-41H2,1-4H3,(H,48,49);20-23,42H,5-19,24-41H2,1-4H3,(H,48,49);;/q;;2*+1/p-2/b28-26-,29-27-;22-20-,23-21-;;. The van der Waals surface area contributed by atoms with Crippen molar-refractivity contribution in [2.24, 2.45) is 0 Å². The molecule has 0 amide bonds. The first-order valence-corrected chi connectivity index (χ1v) is 47.3. The Morgan fingerprint density at radius 2 is 0.491 bits per heavy atom. The zero-order chi connectivity index (χ0) is 79.6. The molecular formula is C88H166N2Na2O16P2. The van der Waals surface area contributed by atoms with Gasteiger partial charge in [-0.3, -0.25) is 28.3 Å². The average molecular weight is 1620 g/mol. The number of rotatable bonds is 82. The number of hydrogen-bond donors (Lipinski definition) is 0. The summed E-state index contributed by atoms with van der Waals surface area (Å²) in [6.45, 7) is 13.7. The van der Waals surface area contributed by atoms with Gasteiger partial charge >= 0.3 is 83.0 Å². The van der Waals surface area contributed by atoms with E-state index >= 15 is 0 Å². The predicted octanol–water partition coefficient (Wildman–Crippen LogP) is 17.9. The van der Waals surface area contributed by atoms with E-state index in [1.165, 1.54) is 205 Å². The second-order valence-electron chi connectivity index (χ2n) is 29.9. The van der Waals surface area contributed by atoms with Gasteiger partial charge in [0.15, 0.2) is 12.2 Å². The van der Waals surface area contributed by atoms with E-state index in [9.17, 15) is 38.1 Å². The van der Waals surface area contributed by atoms with Gasteiger partial charge < -0.3 is 56.6 Å². The molecule has 636 valence electrons. The van der Waals surface area contributed by atoms with Gasteiger partial charge in [-0.2, -0.15) is 0 Å². The average Bonchev–Trinajstić information content (AvgIpc) is 0.912. The third kappa shape index (κ3) is 90.9. The van der Waals surface area contributed by atoms with Crippen LogP contribution in [0.1, 0.15) is 401 Å². The van der Waals surface area contributed by atoms with E-state index in [0.29, 0.717) is 32.4 Å². The molecule has 0 saturated heterocycles. The number of nitrogens with zero attached hydrogens (tertiary/aromatic N) is 2. The Morgan fingerprint density at radius 3 is 0.727 bits per heavy atom. The summed E-state index contributed by atoms with van der Waals surface area (Å²) in [6.07, 6.45) is 78.3. The molecule has 0 aliphatic carbocycles. The number of allylic oxidation sites excluding steroid dienone is 8. The topological polar surface area (TPSA) is 229 Å². The fourth-order valence-corrected chi connectivity index (χ4v) is 13.4. The fraction of sp³-hybridized carbons (Fsp3) is 0.864. The maximum absolute atomic E-state index is 12.6. The Kier molecular flexibility index (Phi) is 94.7. The molecule has 22 heteroatoms. The number of likely N-dealkylation sites (N-methyl/N-ethyl adjacent to an activating group) is 2. The first kappa shape index (κ1) is 115. The van der Waals surface area contributed by atoms with Crippen molar-refractivity contribution >= 4 is 39.5 Å². The summed E-state index contributed by atoms with van der Waals surface area (Å²) < 4.78 is 66.5. The summed E-state index contributed by atoms with van der Waals surface area (Å²) in [5.74, 6) is -1.73. The Labute approximate surface area is 719 Å². The Morgan fingerprint density at radius 1 is 0.291 bits per heavy atom. The van der Waals surface area contributed by atoms with Crippen LogP contribution in [-0.4, -0.2) is 126 Å². The third-order valence-corrected chi connectivity index (χ3v) is 21.3. The number of ether oxygens (including phenoxy) is 4. The van der Waals surface area contributed by atoms with Gasteiger partial charge in [-0.25, -0.2) is 0 Å². The van der Waals surface area contributed by atoms with Crippen LogP contribution in [0.15, 0.2) is 48.6 Å². The van der Waals surface area contributed by atoms with Crippen molar-refractivity contribution in [3.05, 3.63) is 48.6 Å². The predicted molar refractivity (Wildman–Crippen MR) is 445 cm³/mol. The maximum atomic E-state index is 12.6. The van der Waals surface area contributed by atoms with Gasteiger partial charge in [-0.15, -0.1) is 0 Å².